The lowest BCUT2D eigenvalue weighted by Gasteiger charge is -2.48. The Bertz CT molecular complexity index is 1260. The number of anilines is 2. The summed E-state index contributed by atoms with van der Waals surface area (Å²) in [6.45, 7) is 0. The third-order valence-corrected chi connectivity index (χ3v) is 6.76. The number of amides is 1. The molecule has 5 rings (SSSR count). The van der Waals surface area contributed by atoms with E-state index in [4.69, 9.17) is 5.11 Å². The molecular formula is C31H32N2O4. The maximum atomic E-state index is 13.6. The molecule has 4 aromatic rings. The Morgan fingerprint density at radius 1 is 0.757 bits per heavy atom. The summed E-state index contributed by atoms with van der Waals surface area (Å²) < 4.78 is 0. The highest BCUT2D eigenvalue weighted by Gasteiger charge is 2.60. The number of aliphatic hydroxyl groups is 3. The van der Waals surface area contributed by atoms with Gasteiger partial charge in [0.15, 0.2) is 0 Å². The summed E-state index contributed by atoms with van der Waals surface area (Å²) >= 11 is 0. The second kappa shape index (κ2) is 11.8. The lowest BCUT2D eigenvalue weighted by atomic mass is 9.75. The smallest absolute Gasteiger partial charge is 0.256 e. The van der Waals surface area contributed by atoms with Gasteiger partial charge in [0.1, 0.15) is 17.7 Å². The third-order valence-electron chi connectivity index (χ3n) is 6.76. The first-order chi connectivity index (χ1) is 18.1. The van der Waals surface area contributed by atoms with E-state index in [0.29, 0.717) is 11.3 Å². The molecule has 0 unspecified atom stereocenters. The topological polar surface area (TPSA) is 93.0 Å². The van der Waals surface area contributed by atoms with Crippen molar-refractivity contribution in [3.05, 3.63) is 132 Å². The molecule has 0 saturated carbocycles. The molecule has 0 aromatic heterocycles. The van der Waals surface area contributed by atoms with Crippen LogP contribution in [0, 0.1) is 0 Å². The van der Waals surface area contributed by atoms with E-state index >= 15 is 0 Å². The summed E-state index contributed by atoms with van der Waals surface area (Å²) in [6, 6.07) is 37.6. The van der Waals surface area contributed by atoms with Crippen LogP contribution in [0.5, 0.6) is 0 Å². The average Bonchev–Trinajstić information content (AvgIpc) is 3.24. The van der Waals surface area contributed by atoms with Gasteiger partial charge in [-0.1, -0.05) is 97.1 Å². The first-order valence-electron chi connectivity index (χ1n) is 12.2. The molecule has 1 amide bonds. The van der Waals surface area contributed by atoms with Crippen LogP contribution in [0.1, 0.15) is 29.7 Å². The third kappa shape index (κ3) is 5.13. The molecule has 0 radical (unpaired) electrons. The molecule has 1 aliphatic rings. The van der Waals surface area contributed by atoms with Crippen molar-refractivity contribution < 1.29 is 20.1 Å². The van der Waals surface area contributed by atoms with E-state index in [1.54, 1.807) is 4.90 Å². The Morgan fingerprint density at radius 2 is 1.22 bits per heavy atom. The van der Waals surface area contributed by atoms with Crippen LogP contribution in [0.25, 0.3) is 0 Å². The molecule has 4 atom stereocenters. The van der Waals surface area contributed by atoms with Gasteiger partial charge in [-0.2, -0.15) is 0 Å². The molecule has 0 spiro atoms. The van der Waals surface area contributed by atoms with Gasteiger partial charge in [0.2, 0.25) is 0 Å². The quantitative estimate of drug-likeness (QED) is 0.297. The van der Waals surface area contributed by atoms with Crippen molar-refractivity contribution in [2.24, 2.45) is 0 Å². The van der Waals surface area contributed by atoms with E-state index in [0.717, 1.165) is 18.4 Å². The van der Waals surface area contributed by atoms with Crippen molar-refractivity contribution in [2.75, 3.05) is 17.3 Å². The highest BCUT2D eigenvalue weighted by atomic mass is 16.3. The van der Waals surface area contributed by atoms with Crippen LogP contribution in [0.3, 0.4) is 0 Å². The van der Waals surface area contributed by atoms with Gasteiger partial charge >= 0.3 is 0 Å². The van der Waals surface area contributed by atoms with Gasteiger partial charge in [-0.05, 0) is 35.4 Å². The van der Waals surface area contributed by atoms with Crippen molar-refractivity contribution in [3.8, 4) is 0 Å². The second-order valence-electron chi connectivity index (χ2n) is 8.89. The number of para-hydroxylation sites is 2. The van der Waals surface area contributed by atoms with Crippen LogP contribution in [-0.2, 0) is 4.79 Å². The van der Waals surface area contributed by atoms with Crippen LogP contribution in [0.2, 0.25) is 0 Å². The molecular weight excluding hydrogens is 464 g/mol. The van der Waals surface area contributed by atoms with E-state index in [2.05, 4.69) is 5.32 Å². The normalized spacial score (nSPS) is 20.5. The van der Waals surface area contributed by atoms with Gasteiger partial charge in [0.25, 0.3) is 5.91 Å². The summed E-state index contributed by atoms with van der Waals surface area (Å²) in [7, 11) is 1.00. The summed E-state index contributed by atoms with van der Waals surface area (Å²) in [5.74, 6) is -0.429. The molecule has 190 valence electrons. The minimum atomic E-state index is -1.25. The Morgan fingerprint density at radius 3 is 1.76 bits per heavy atom. The molecule has 37 heavy (non-hydrogen) atoms. The molecule has 6 nitrogen and oxygen atoms in total. The van der Waals surface area contributed by atoms with E-state index < -0.39 is 29.7 Å². The van der Waals surface area contributed by atoms with Gasteiger partial charge in [-0.25, -0.2) is 0 Å². The molecule has 1 aliphatic heterocycles. The predicted octanol–water partition coefficient (Wildman–Crippen LogP) is 4.72. The summed E-state index contributed by atoms with van der Waals surface area (Å²) in [5.41, 5.74) is 1.82. The first-order valence-corrected chi connectivity index (χ1v) is 12.2. The number of benzene rings is 4. The Kier molecular flexibility index (Phi) is 8.36. The monoisotopic (exact) mass is 496 g/mol. The number of nitrogens with zero attached hydrogens (tertiary/aromatic N) is 1. The Labute approximate surface area is 217 Å². The van der Waals surface area contributed by atoms with E-state index in [1.165, 1.54) is 0 Å². The number of carbonyl (C=O) groups is 1. The number of hydrogen-bond acceptors (Lipinski definition) is 5. The fourth-order valence-electron chi connectivity index (χ4n) is 5.19. The molecule has 1 saturated heterocycles. The number of carbonyl (C=O) groups excluding carboxylic acids is 1. The van der Waals surface area contributed by atoms with Gasteiger partial charge in [0, 0.05) is 24.9 Å². The summed E-state index contributed by atoms with van der Waals surface area (Å²) in [5, 5.41) is 33.7. The first kappa shape index (κ1) is 26.1. The molecule has 6 heteroatoms. The van der Waals surface area contributed by atoms with Crippen molar-refractivity contribution in [2.45, 2.75) is 30.2 Å². The molecule has 0 aliphatic carbocycles. The summed E-state index contributed by atoms with van der Waals surface area (Å²) in [6.07, 6.45) is -2.29. The maximum Gasteiger partial charge on any atom is 0.256 e. The molecule has 1 heterocycles. The molecule has 1 fully saturated rings. The highest BCUT2D eigenvalue weighted by Crippen LogP contribution is 2.51. The van der Waals surface area contributed by atoms with Gasteiger partial charge in [-0.3, -0.25) is 9.69 Å². The minimum Gasteiger partial charge on any atom is -0.400 e. The van der Waals surface area contributed by atoms with E-state index in [9.17, 15) is 15.0 Å². The second-order valence-corrected chi connectivity index (χ2v) is 8.89. The minimum absolute atomic E-state index is 0.0518. The lowest BCUT2D eigenvalue weighted by molar-refractivity contribution is -0.124. The molecule has 4 aromatic carbocycles. The number of aliphatic hydroxyl groups excluding tert-OH is 3. The van der Waals surface area contributed by atoms with Crippen LogP contribution in [0.15, 0.2) is 121 Å². The number of hydrogen-bond donors (Lipinski definition) is 4. The van der Waals surface area contributed by atoms with Crippen molar-refractivity contribution in [1.29, 1.82) is 0 Å². The largest absolute Gasteiger partial charge is 0.400 e. The zero-order valence-corrected chi connectivity index (χ0v) is 20.7. The van der Waals surface area contributed by atoms with Crippen molar-refractivity contribution >= 4 is 17.3 Å². The molecule has 0 bridgehead atoms. The fraction of sp³-hybridized carbons (Fsp3) is 0.194. The molecule has 4 N–H and O–H groups in total. The Hall–Kier alpha value is -3.97. The predicted molar refractivity (Wildman–Crippen MR) is 146 cm³/mol. The fourth-order valence-corrected chi connectivity index (χ4v) is 5.19. The number of nitrogens with one attached hydrogen (secondary N) is 1. The zero-order chi connectivity index (χ0) is 26.3. The standard InChI is InChI=1S/C30H28N2O3.CH4O/c33-26-21-30(28(34)23-15-7-2-8-16-23,32(29(26)35)25-19-11-4-12-20-25)27(22-13-5-1-6-14-22)31-24-17-9-3-10-18-24;1-2/h1-20,26-28,31,33-34H,21H2;2H,1H3/t26-,27-,28-,30+;/m0./s1. The van der Waals surface area contributed by atoms with Crippen molar-refractivity contribution in [1.82, 2.24) is 0 Å². The Balaban J connectivity index is 0.00000156. The average molecular weight is 497 g/mol. The number of rotatable bonds is 7. The zero-order valence-electron chi connectivity index (χ0n) is 20.7. The SMILES string of the molecule is CO.O=C1[C@@H](O)C[C@]([C@@H](O)c2ccccc2)([C@@H](Nc2ccccc2)c2ccccc2)N1c1ccccc1. The lowest BCUT2D eigenvalue weighted by Crippen LogP contribution is -2.56. The maximum absolute atomic E-state index is 13.6. The van der Waals surface area contributed by atoms with Crippen LogP contribution in [-0.4, -0.2) is 40.0 Å². The van der Waals surface area contributed by atoms with Crippen LogP contribution in [0.4, 0.5) is 11.4 Å². The van der Waals surface area contributed by atoms with Gasteiger partial charge in [-0.15, -0.1) is 0 Å². The van der Waals surface area contributed by atoms with E-state index in [-0.39, 0.29) is 6.42 Å². The van der Waals surface area contributed by atoms with E-state index in [1.807, 2.05) is 121 Å². The summed E-state index contributed by atoms with van der Waals surface area (Å²) in [4.78, 5) is 15.2. The van der Waals surface area contributed by atoms with Crippen molar-refractivity contribution in [3.63, 3.8) is 0 Å². The van der Waals surface area contributed by atoms with Crippen LogP contribution >= 0.6 is 0 Å². The highest BCUT2D eigenvalue weighted by molar-refractivity contribution is 6.01. The van der Waals surface area contributed by atoms with Crippen LogP contribution < -0.4 is 10.2 Å². The van der Waals surface area contributed by atoms with Gasteiger partial charge < -0.3 is 20.6 Å². The van der Waals surface area contributed by atoms with Gasteiger partial charge in [0.05, 0.1) is 6.04 Å².